The van der Waals surface area contributed by atoms with Crippen LogP contribution in [-0.2, 0) is 9.53 Å². The maximum Gasteiger partial charge on any atom is 0.343 e. The molecule has 0 saturated heterocycles. The van der Waals surface area contributed by atoms with Crippen LogP contribution in [0.2, 0.25) is 0 Å². The molecular weight excluding hydrogens is 248 g/mol. The maximum atomic E-state index is 10.9. The summed E-state index contributed by atoms with van der Waals surface area (Å²) in [6.45, 7) is 0. The number of nitrogens with zero attached hydrogens (tertiary/aromatic N) is 3. The molecule has 2 N–H and O–H groups in total. The van der Waals surface area contributed by atoms with E-state index in [-0.39, 0.29) is 28.9 Å². The Morgan fingerprint density at radius 1 is 1.65 bits per heavy atom. The summed E-state index contributed by atoms with van der Waals surface area (Å²) < 4.78 is 4.45. The zero-order valence-corrected chi connectivity index (χ0v) is 9.77. The minimum absolute atomic E-state index is 0.141. The van der Waals surface area contributed by atoms with Crippen LogP contribution in [0.15, 0.2) is 11.4 Å². The lowest BCUT2D eigenvalue weighted by atomic mass is 10.5. The van der Waals surface area contributed by atoms with Crippen molar-refractivity contribution in [1.29, 1.82) is 0 Å². The summed E-state index contributed by atoms with van der Waals surface area (Å²) in [6, 6.07) is 0. The maximum absolute atomic E-state index is 10.9. The van der Waals surface area contributed by atoms with Gasteiger partial charge in [-0.1, -0.05) is 11.8 Å². The molecule has 1 aromatic heterocycles. The van der Waals surface area contributed by atoms with E-state index >= 15 is 0 Å². The number of aromatic nitrogens is 2. The summed E-state index contributed by atoms with van der Waals surface area (Å²) in [5, 5.41) is 10.9. The molecule has 0 aromatic carbocycles. The minimum Gasteiger partial charge on any atom is -0.469 e. The summed E-state index contributed by atoms with van der Waals surface area (Å²) in [6.07, 6.45) is 1.28. The van der Waals surface area contributed by atoms with Gasteiger partial charge in [0.05, 0.1) is 18.5 Å². The van der Waals surface area contributed by atoms with Crippen LogP contribution in [0.1, 0.15) is 6.42 Å². The molecule has 0 radical (unpaired) electrons. The van der Waals surface area contributed by atoms with Crippen molar-refractivity contribution in [2.75, 3.05) is 18.6 Å². The van der Waals surface area contributed by atoms with E-state index in [2.05, 4.69) is 14.7 Å². The van der Waals surface area contributed by atoms with E-state index in [0.717, 1.165) is 18.1 Å². The van der Waals surface area contributed by atoms with Gasteiger partial charge in [0.1, 0.15) is 6.33 Å². The third-order valence-corrected chi connectivity index (χ3v) is 2.75. The van der Waals surface area contributed by atoms with Crippen molar-refractivity contribution in [3.8, 4) is 0 Å². The molecule has 0 unspecified atom stereocenters. The number of thioether (sulfide) groups is 1. The average molecular weight is 258 g/mol. The number of hydrogen-bond donors (Lipinski definition) is 1. The summed E-state index contributed by atoms with van der Waals surface area (Å²) >= 11 is 1.06. The van der Waals surface area contributed by atoms with Crippen LogP contribution < -0.4 is 5.73 Å². The van der Waals surface area contributed by atoms with Crippen molar-refractivity contribution < 1.29 is 14.5 Å². The van der Waals surface area contributed by atoms with Crippen LogP contribution in [0.5, 0.6) is 0 Å². The van der Waals surface area contributed by atoms with Gasteiger partial charge in [0, 0.05) is 5.75 Å². The smallest absolute Gasteiger partial charge is 0.343 e. The lowest BCUT2D eigenvalue weighted by molar-refractivity contribution is -0.387. The molecule has 17 heavy (non-hydrogen) atoms. The molecule has 1 aromatic rings. The molecule has 0 amide bonds. The van der Waals surface area contributed by atoms with Crippen molar-refractivity contribution in [2.45, 2.75) is 11.4 Å². The van der Waals surface area contributed by atoms with Gasteiger partial charge in [-0.25, -0.2) is 9.97 Å². The molecule has 0 bridgehead atoms. The summed E-state index contributed by atoms with van der Waals surface area (Å²) in [4.78, 5) is 28.3. The summed E-state index contributed by atoms with van der Waals surface area (Å²) in [5.41, 5.74) is 5.05. The third-order valence-electron chi connectivity index (χ3n) is 1.77. The van der Waals surface area contributed by atoms with Gasteiger partial charge < -0.3 is 10.5 Å². The van der Waals surface area contributed by atoms with Crippen LogP contribution in [0.25, 0.3) is 0 Å². The fraction of sp³-hybridized carbons (Fsp3) is 0.375. The number of esters is 1. The van der Waals surface area contributed by atoms with E-state index in [1.54, 1.807) is 0 Å². The first-order valence-corrected chi connectivity index (χ1v) is 5.49. The molecule has 92 valence electrons. The third kappa shape index (κ3) is 3.55. The molecular formula is C8H10N4O4S. The van der Waals surface area contributed by atoms with Gasteiger partial charge in [-0.15, -0.1) is 0 Å². The second-order valence-corrected chi connectivity index (χ2v) is 3.93. The van der Waals surface area contributed by atoms with Crippen molar-refractivity contribution in [3.63, 3.8) is 0 Å². The van der Waals surface area contributed by atoms with Gasteiger partial charge in [0.25, 0.3) is 0 Å². The van der Waals surface area contributed by atoms with Crippen LogP contribution in [0.3, 0.4) is 0 Å². The number of nitrogen functional groups attached to an aromatic ring is 1. The first-order chi connectivity index (χ1) is 8.06. The molecule has 0 aliphatic carbocycles. The summed E-state index contributed by atoms with van der Waals surface area (Å²) in [5.74, 6) is -0.253. The van der Waals surface area contributed by atoms with Crippen LogP contribution in [0.4, 0.5) is 11.5 Å². The fourth-order valence-corrected chi connectivity index (χ4v) is 1.89. The number of anilines is 1. The lowest BCUT2D eigenvalue weighted by Gasteiger charge is -2.02. The highest BCUT2D eigenvalue weighted by Gasteiger charge is 2.21. The molecule has 0 aliphatic rings. The Morgan fingerprint density at radius 3 is 2.94 bits per heavy atom. The Labute approximate surface area is 101 Å². The highest BCUT2D eigenvalue weighted by molar-refractivity contribution is 7.99. The highest BCUT2D eigenvalue weighted by atomic mass is 32.2. The Bertz CT molecular complexity index is 440. The van der Waals surface area contributed by atoms with Crippen LogP contribution in [0, 0.1) is 10.1 Å². The predicted octanol–water partition coefficient (Wildman–Crippen LogP) is 0.622. The molecule has 0 atom stereocenters. The lowest BCUT2D eigenvalue weighted by Crippen LogP contribution is -2.04. The normalized spacial score (nSPS) is 9.94. The number of carbonyl (C=O) groups is 1. The number of carbonyl (C=O) groups excluding carboxylic acids is 1. The molecule has 9 heteroatoms. The number of nitrogens with two attached hydrogens (primary N) is 1. The van der Waals surface area contributed by atoms with Crippen molar-refractivity contribution in [2.24, 2.45) is 0 Å². The van der Waals surface area contributed by atoms with E-state index < -0.39 is 4.92 Å². The van der Waals surface area contributed by atoms with Gasteiger partial charge >= 0.3 is 11.7 Å². The quantitative estimate of drug-likeness (QED) is 0.268. The van der Waals surface area contributed by atoms with Crippen molar-refractivity contribution in [3.05, 3.63) is 16.4 Å². The topological polar surface area (TPSA) is 121 Å². The van der Waals surface area contributed by atoms with E-state index in [0.29, 0.717) is 5.75 Å². The van der Waals surface area contributed by atoms with Gasteiger partial charge in [-0.3, -0.25) is 14.9 Å². The first-order valence-electron chi connectivity index (χ1n) is 4.50. The molecule has 0 aliphatic heterocycles. The van der Waals surface area contributed by atoms with Gasteiger partial charge in [-0.2, -0.15) is 0 Å². The van der Waals surface area contributed by atoms with E-state index in [4.69, 9.17) is 5.73 Å². The second-order valence-electron chi connectivity index (χ2n) is 2.84. The van der Waals surface area contributed by atoms with Crippen LogP contribution >= 0.6 is 11.8 Å². The molecule has 8 nitrogen and oxygen atoms in total. The molecule has 0 fully saturated rings. The van der Waals surface area contributed by atoms with Crippen molar-refractivity contribution in [1.82, 2.24) is 9.97 Å². The molecule has 1 rings (SSSR count). The predicted molar refractivity (Wildman–Crippen MR) is 60.5 cm³/mol. The van der Waals surface area contributed by atoms with Crippen molar-refractivity contribution >= 4 is 29.2 Å². The highest BCUT2D eigenvalue weighted by Crippen LogP contribution is 2.30. The van der Waals surface area contributed by atoms with E-state index in [1.807, 2.05) is 0 Å². The number of rotatable bonds is 5. The van der Waals surface area contributed by atoms with Crippen LogP contribution in [-0.4, -0.2) is 33.7 Å². The fourth-order valence-electron chi connectivity index (χ4n) is 0.986. The Kier molecular flexibility index (Phi) is 4.64. The van der Waals surface area contributed by atoms with E-state index in [1.165, 1.54) is 7.11 Å². The zero-order chi connectivity index (χ0) is 12.8. The Balaban J connectivity index is 2.74. The SMILES string of the molecule is COC(=O)CCSc1ncnc(N)c1[N+](=O)[O-]. The minimum atomic E-state index is -0.643. The standard InChI is InChI=1S/C8H10N4O4S/c1-16-5(13)2-3-17-8-6(12(14)15)7(9)10-4-11-8/h4H,2-3H2,1H3,(H2,9,10,11). The zero-order valence-electron chi connectivity index (χ0n) is 8.95. The molecule has 0 spiro atoms. The molecule has 1 heterocycles. The average Bonchev–Trinajstić information content (AvgIpc) is 2.28. The number of ether oxygens (including phenoxy) is 1. The largest absolute Gasteiger partial charge is 0.469 e. The summed E-state index contributed by atoms with van der Waals surface area (Å²) in [7, 11) is 1.28. The van der Waals surface area contributed by atoms with Gasteiger partial charge in [0.15, 0.2) is 5.03 Å². The van der Waals surface area contributed by atoms with Gasteiger partial charge in [0.2, 0.25) is 5.82 Å². The number of methoxy groups -OCH3 is 1. The Morgan fingerprint density at radius 2 is 2.35 bits per heavy atom. The number of nitro groups is 1. The number of hydrogen-bond acceptors (Lipinski definition) is 8. The second kappa shape index (κ2) is 5.99. The Hall–Kier alpha value is -1.90. The van der Waals surface area contributed by atoms with Gasteiger partial charge in [-0.05, 0) is 0 Å². The first kappa shape index (κ1) is 13.2. The monoisotopic (exact) mass is 258 g/mol. The molecule has 0 saturated carbocycles. The van der Waals surface area contributed by atoms with E-state index in [9.17, 15) is 14.9 Å².